The van der Waals surface area contributed by atoms with Gasteiger partial charge < -0.3 is 4.42 Å². The van der Waals surface area contributed by atoms with E-state index in [4.69, 9.17) is 14.4 Å². The van der Waals surface area contributed by atoms with E-state index < -0.39 is 0 Å². The van der Waals surface area contributed by atoms with Gasteiger partial charge in [0.05, 0.1) is 11.8 Å². The van der Waals surface area contributed by atoms with E-state index in [9.17, 15) is 0 Å². The molecule has 0 N–H and O–H groups in total. The van der Waals surface area contributed by atoms with Crippen molar-refractivity contribution in [3.8, 4) is 0 Å². The van der Waals surface area contributed by atoms with Gasteiger partial charge >= 0.3 is 0 Å². The number of hydrogen-bond donors (Lipinski definition) is 0. The zero-order valence-electron chi connectivity index (χ0n) is 27.7. The van der Waals surface area contributed by atoms with Crippen molar-refractivity contribution in [3.05, 3.63) is 163 Å². The summed E-state index contributed by atoms with van der Waals surface area (Å²) in [6, 6.07) is 47.7. The van der Waals surface area contributed by atoms with Crippen LogP contribution in [-0.4, -0.2) is 16.5 Å². The van der Waals surface area contributed by atoms with E-state index in [1.807, 2.05) is 24.5 Å². The van der Waals surface area contributed by atoms with E-state index >= 15 is 0 Å². The van der Waals surface area contributed by atoms with E-state index in [0.717, 1.165) is 68.2 Å². The lowest BCUT2D eigenvalue weighted by Gasteiger charge is -2.25. The number of rotatable bonds is 3. The second-order valence-electron chi connectivity index (χ2n) is 13.7. The van der Waals surface area contributed by atoms with Gasteiger partial charge in [0.15, 0.2) is 5.84 Å². The van der Waals surface area contributed by atoms with Crippen LogP contribution in [0.1, 0.15) is 42.5 Å². The maximum Gasteiger partial charge on any atom is 0.155 e. The van der Waals surface area contributed by atoms with Gasteiger partial charge in [0, 0.05) is 34.1 Å². The van der Waals surface area contributed by atoms with Gasteiger partial charge in [-0.1, -0.05) is 104 Å². The van der Waals surface area contributed by atoms with Crippen LogP contribution in [0.25, 0.3) is 65.0 Å². The minimum Gasteiger partial charge on any atom is -0.456 e. The molecular formula is C46H33N3O. The van der Waals surface area contributed by atoms with E-state index in [2.05, 4.69) is 133 Å². The maximum atomic E-state index is 6.26. The van der Waals surface area contributed by atoms with Crippen LogP contribution in [0.4, 0.5) is 0 Å². The Balaban J connectivity index is 1.14. The molecule has 3 heterocycles. The highest BCUT2D eigenvalue weighted by Gasteiger charge is 2.24. The average molecular weight is 644 g/mol. The molecule has 1 aliphatic heterocycles. The highest BCUT2D eigenvalue weighted by atomic mass is 16.3. The molecule has 7 aromatic carbocycles. The van der Waals surface area contributed by atoms with Crippen molar-refractivity contribution < 1.29 is 4.42 Å². The number of benzene rings is 7. The lowest BCUT2D eigenvalue weighted by molar-refractivity contribution is 0.446. The third-order valence-electron chi connectivity index (χ3n) is 10.6. The fourth-order valence-electron chi connectivity index (χ4n) is 7.91. The summed E-state index contributed by atoms with van der Waals surface area (Å²) in [5.41, 5.74) is 6.25. The smallest absolute Gasteiger partial charge is 0.155 e. The van der Waals surface area contributed by atoms with Gasteiger partial charge in [-0.25, -0.2) is 4.99 Å². The second kappa shape index (κ2) is 11.5. The Morgan fingerprint density at radius 1 is 0.580 bits per heavy atom. The molecule has 9 aromatic rings. The van der Waals surface area contributed by atoms with Gasteiger partial charge in [0.25, 0.3) is 0 Å². The average Bonchev–Trinajstić information content (AvgIpc) is 3.52. The molecule has 50 heavy (non-hydrogen) atoms. The zero-order valence-corrected chi connectivity index (χ0v) is 27.7. The molecule has 4 heteroatoms. The first-order chi connectivity index (χ1) is 24.7. The number of aromatic nitrogens is 1. The summed E-state index contributed by atoms with van der Waals surface area (Å²) in [6.07, 6.45) is 5.69. The second-order valence-corrected chi connectivity index (χ2v) is 13.7. The van der Waals surface area contributed by atoms with Crippen LogP contribution in [0.2, 0.25) is 0 Å². The SMILES string of the molecule is CC1CC/C(c2ccc3cc4c(cc3c2)oc2ccccc24)=N\C(c2ccc3c(ccc4ccc5ccncc5c43)c2)=N/C1c1ccccc1. The Morgan fingerprint density at radius 3 is 2.28 bits per heavy atom. The first-order valence-corrected chi connectivity index (χ1v) is 17.4. The van der Waals surface area contributed by atoms with Crippen LogP contribution in [0.15, 0.2) is 160 Å². The molecule has 2 unspecified atom stereocenters. The highest BCUT2D eigenvalue weighted by molar-refractivity contribution is 6.21. The number of furan rings is 1. The Labute approximate surface area is 289 Å². The summed E-state index contributed by atoms with van der Waals surface area (Å²) in [6.45, 7) is 2.33. The fourth-order valence-corrected chi connectivity index (χ4v) is 7.91. The first kappa shape index (κ1) is 28.8. The lowest BCUT2D eigenvalue weighted by Crippen LogP contribution is -2.18. The standard InChI is InChI=1S/C46H33N3O/c1-28-11-20-41(34-17-15-32-25-39-38-9-5-6-10-42(38)50-43(39)26-36(32)24-34)48-46(49-45(28)31-7-3-2-4-8-31)35-18-19-37-33(23-35)16-14-30-13-12-29-21-22-47-27-40(29)44(30)37/h2-10,12-19,21-28,45H,11,20H2,1H3/b48-41+,49-46-. The number of nitrogens with zero attached hydrogens (tertiary/aromatic N) is 3. The molecule has 238 valence electrons. The molecule has 10 rings (SSSR count). The van der Waals surface area contributed by atoms with Gasteiger partial charge in [-0.15, -0.1) is 0 Å². The Kier molecular flexibility index (Phi) is 6.63. The Bertz CT molecular complexity index is 2850. The third kappa shape index (κ3) is 4.79. The topological polar surface area (TPSA) is 50.8 Å². The molecule has 1 aliphatic rings. The molecule has 0 radical (unpaired) electrons. The highest BCUT2D eigenvalue weighted by Crippen LogP contribution is 2.37. The zero-order chi connectivity index (χ0) is 33.2. The van der Waals surface area contributed by atoms with Crippen molar-refractivity contribution in [2.75, 3.05) is 0 Å². The van der Waals surface area contributed by atoms with E-state index in [1.54, 1.807) is 0 Å². The molecule has 0 saturated heterocycles. The summed E-state index contributed by atoms with van der Waals surface area (Å²) in [7, 11) is 0. The van der Waals surface area contributed by atoms with Gasteiger partial charge in [-0.2, -0.15) is 0 Å². The molecule has 2 atom stereocenters. The summed E-state index contributed by atoms with van der Waals surface area (Å²) in [5.74, 6) is 1.10. The van der Waals surface area contributed by atoms with Crippen molar-refractivity contribution in [3.63, 3.8) is 0 Å². The van der Waals surface area contributed by atoms with Crippen molar-refractivity contribution in [1.29, 1.82) is 0 Å². The van der Waals surface area contributed by atoms with E-state index in [-0.39, 0.29) is 6.04 Å². The minimum atomic E-state index is 0.0109. The molecule has 0 amide bonds. The minimum absolute atomic E-state index is 0.0109. The van der Waals surface area contributed by atoms with Crippen molar-refractivity contribution in [2.24, 2.45) is 15.9 Å². The quantitative estimate of drug-likeness (QED) is 0.180. The van der Waals surface area contributed by atoms with Gasteiger partial charge in [-0.05, 0) is 104 Å². The predicted octanol–water partition coefficient (Wildman–Crippen LogP) is 12.0. The van der Waals surface area contributed by atoms with Crippen molar-refractivity contribution in [2.45, 2.75) is 25.8 Å². The van der Waals surface area contributed by atoms with E-state index in [0.29, 0.717) is 5.92 Å². The normalized spacial score (nSPS) is 19.1. The van der Waals surface area contributed by atoms with Crippen LogP contribution in [0.3, 0.4) is 0 Å². The molecule has 2 aromatic heterocycles. The molecule has 0 spiro atoms. The van der Waals surface area contributed by atoms with Crippen LogP contribution in [0.5, 0.6) is 0 Å². The summed E-state index contributed by atoms with van der Waals surface area (Å²) < 4.78 is 6.26. The van der Waals surface area contributed by atoms with Crippen LogP contribution >= 0.6 is 0 Å². The maximum absolute atomic E-state index is 6.26. The van der Waals surface area contributed by atoms with Gasteiger partial charge in [0.1, 0.15) is 11.2 Å². The van der Waals surface area contributed by atoms with E-state index in [1.165, 1.54) is 37.9 Å². The number of aliphatic imine (C=N–C) groups is 2. The number of pyridine rings is 1. The largest absolute Gasteiger partial charge is 0.456 e. The number of hydrogen-bond acceptors (Lipinski definition) is 4. The summed E-state index contributed by atoms with van der Waals surface area (Å²) in [4.78, 5) is 15.4. The van der Waals surface area contributed by atoms with Crippen LogP contribution in [0, 0.1) is 5.92 Å². The van der Waals surface area contributed by atoms with Crippen LogP contribution in [-0.2, 0) is 0 Å². The van der Waals surface area contributed by atoms with Gasteiger partial charge in [0.2, 0.25) is 0 Å². The molecule has 0 aliphatic carbocycles. The summed E-state index contributed by atoms with van der Waals surface area (Å²) in [5, 5.41) is 11.8. The fraction of sp³-hybridized carbons (Fsp3) is 0.109. The molecule has 0 saturated carbocycles. The molecule has 0 bridgehead atoms. The van der Waals surface area contributed by atoms with Crippen LogP contribution < -0.4 is 0 Å². The predicted molar refractivity (Wildman–Crippen MR) is 209 cm³/mol. The van der Waals surface area contributed by atoms with Gasteiger partial charge in [-0.3, -0.25) is 9.98 Å². The van der Waals surface area contributed by atoms with Crippen molar-refractivity contribution in [1.82, 2.24) is 4.98 Å². The number of para-hydroxylation sites is 1. The lowest BCUT2D eigenvalue weighted by atomic mass is 9.88. The molecule has 0 fully saturated rings. The van der Waals surface area contributed by atoms with Crippen molar-refractivity contribution >= 4 is 76.6 Å². The number of amidine groups is 1. The number of fused-ring (bicyclic) bond motifs is 9. The first-order valence-electron chi connectivity index (χ1n) is 17.4. The third-order valence-corrected chi connectivity index (χ3v) is 10.6. The Hall–Kier alpha value is -6.13. The molecular weight excluding hydrogens is 611 g/mol. The summed E-state index contributed by atoms with van der Waals surface area (Å²) >= 11 is 0. The Morgan fingerprint density at radius 2 is 1.36 bits per heavy atom. The molecule has 4 nitrogen and oxygen atoms in total. The monoisotopic (exact) mass is 643 g/mol.